The van der Waals surface area contributed by atoms with Crippen molar-refractivity contribution in [1.29, 1.82) is 0 Å². The SMILES string of the molecule is Cc1cc(NC(=O)[C@@H](C)SCC(=O)NNC(=O)COc2ccc(F)cc2)no1. The van der Waals surface area contributed by atoms with Crippen LogP contribution in [0, 0.1) is 12.7 Å². The van der Waals surface area contributed by atoms with Gasteiger partial charge in [-0.15, -0.1) is 11.8 Å². The van der Waals surface area contributed by atoms with E-state index in [4.69, 9.17) is 9.26 Å². The first-order valence-corrected chi connectivity index (χ1v) is 9.20. The molecule has 11 heteroatoms. The molecular weight excluding hydrogens is 391 g/mol. The van der Waals surface area contributed by atoms with Crippen LogP contribution < -0.4 is 20.9 Å². The van der Waals surface area contributed by atoms with E-state index in [1.165, 1.54) is 24.3 Å². The van der Waals surface area contributed by atoms with E-state index >= 15 is 0 Å². The van der Waals surface area contributed by atoms with Crippen molar-refractivity contribution in [3.8, 4) is 5.75 Å². The molecule has 9 nitrogen and oxygen atoms in total. The molecule has 0 fully saturated rings. The van der Waals surface area contributed by atoms with Crippen molar-refractivity contribution in [2.24, 2.45) is 0 Å². The van der Waals surface area contributed by atoms with Gasteiger partial charge in [0.2, 0.25) is 11.8 Å². The van der Waals surface area contributed by atoms with E-state index in [2.05, 4.69) is 21.3 Å². The Morgan fingerprint density at radius 3 is 2.54 bits per heavy atom. The average molecular weight is 410 g/mol. The fourth-order valence-corrected chi connectivity index (χ4v) is 2.50. The van der Waals surface area contributed by atoms with Crippen molar-refractivity contribution in [2.45, 2.75) is 19.1 Å². The maximum atomic E-state index is 12.8. The van der Waals surface area contributed by atoms with Crippen LogP contribution in [0.2, 0.25) is 0 Å². The number of ether oxygens (including phenoxy) is 1. The number of hydrazine groups is 1. The van der Waals surface area contributed by atoms with Gasteiger partial charge in [-0.1, -0.05) is 5.16 Å². The van der Waals surface area contributed by atoms with Gasteiger partial charge in [-0.05, 0) is 38.1 Å². The summed E-state index contributed by atoms with van der Waals surface area (Å²) in [4.78, 5) is 35.4. The van der Waals surface area contributed by atoms with Crippen LogP contribution >= 0.6 is 11.8 Å². The first-order chi connectivity index (χ1) is 13.3. The predicted octanol–water partition coefficient (Wildman–Crippen LogP) is 1.41. The molecular formula is C17H19FN4O5S. The van der Waals surface area contributed by atoms with Gasteiger partial charge in [-0.3, -0.25) is 25.2 Å². The molecule has 0 aliphatic rings. The third-order valence-corrected chi connectivity index (χ3v) is 4.38. The maximum Gasteiger partial charge on any atom is 0.276 e. The lowest BCUT2D eigenvalue weighted by Crippen LogP contribution is -2.44. The molecule has 0 aliphatic heterocycles. The predicted molar refractivity (Wildman–Crippen MR) is 100.0 cm³/mol. The molecule has 3 amide bonds. The Hall–Kier alpha value is -3.08. The van der Waals surface area contributed by atoms with E-state index in [9.17, 15) is 18.8 Å². The van der Waals surface area contributed by atoms with Gasteiger partial charge in [0, 0.05) is 6.07 Å². The largest absolute Gasteiger partial charge is 0.484 e. The second-order valence-electron chi connectivity index (χ2n) is 5.60. The Morgan fingerprint density at radius 1 is 1.21 bits per heavy atom. The molecule has 0 aliphatic carbocycles. The lowest BCUT2D eigenvalue weighted by atomic mass is 10.3. The van der Waals surface area contributed by atoms with Crippen molar-refractivity contribution in [3.05, 3.63) is 41.9 Å². The van der Waals surface area contributed by atoms with Crippen LogP contribution in [0.15, 0.2) is 34.9 Å². The Kier molecular flexibility index (Phi) is 7.81. The highest BCUT2D eigenvalue weighted by Crippen LogP contribution is 2.14. The van der Waals surface area contributed by atoms with Crippen molar-refractivity contribution < 1.29 is 28.0 Å². The molecule has 0 radical (unpaired) electrons. The molecule has 150 valence electrons. The second-order valence-corrected chi connectivity index (χ2v) is 6.93. The Bertz CT molecular complexity index is 827. The third-order valence-electron chi connectivity index (χ3n) is 3.24. The number of anilines is 1. The Labute approximate surface area is 164 Å². The van der Waals surface area contributed by atoms with Crippen LogP contribution in [0.4, 0.5) is 10.2 Å². The van der Waals surface area contributed by atoms with Gasteiger partial charge in [0.05, 0.1) is 11.0 Å². The molecule has 3 N–H and O–H groups in total. The molecule has 0 saturated heterocycles. The fraction of sp³-hybridized carbons (Fsp3) is 0.294. The molecule has 28 heavy (non-hydrogen) atoms. The van der Waals surface area contributed by atoms with Gasteiger partial charge in [-0.25, -0.2) is 4.39 Å². The summed E-state index contributed by atoms with van der Waals surface area (Å²) < 4.78 is 22.8. The van der Waals surface area contributed by atoms with Crippen LogP contribution in [0.1, 0.15) is 12.7 Å². The van der Waals surface area contributed by atoms with E-state index < -0.39 is 22.9 Å². The molecule has 0 spiro atoms. The van der Waals surface area contributed by atoms with E-state index in [0.29, 0.717) is 17.3 Å². The van der Waals surface area contributed by atoms with Crippen LogP contribution in [-0.4, -0.2) is 40.5 Å². The van der Waals surface area contributed by atoms with E-state index in [0.717, 1.165) is 11.8 Å². The maximum absolute atomic E-state index is 12.8. The number of halogens is 1. The number of nitrogens with one attached hydrogen (secondary N) is 3. The van der Waals surface area contributed by atoms with Gasteiger partial charge in [-0.2, -0.15) is 0 Å². The van der Waals surface area contributed by atoms with Gasteiger partial charge in [0.15, 0.2) is 12.4 Å². The number of hydrogen-bond donors (Lipinski definition) is 3. The second kappa shape index (κ2) is 10.3. The molecule has 0 unspecified atom stereocenters. The minimum Gasteiger partial charge on any atom is -0.484 e. The van der Waals surface area contributed by atoms with Crippen molar-refractivity contribution in [1.82, 2.24) is 16.0 Å². The summed E-state index contributed by atoms with van der Waals surface area (Å²) in [5.74, 6) is -0.691. The molecule has 1 aromatic carbocycles. The first kappa shape index (κ1) is 21.2. The summed E-state index contributed by atoms with van der Waals surface area (Å²) in [5, 5.41) is 5.69. The number of hydrogen-bond acceptors (Lipinski definition) is 7. The Morgan fingerprint density at radius 2 is 1.89 bits per heavy atom. The smallest absolute Gasteiger partial charge is 0.276 e. The minimum absolute atomic E-state index is 0.0501. The number of aromatic nitrogens is 1. The molecule has 0 bridgehead atoms. The number of nitrogens with zero attached hydrogens (tertiary/aromatic N) is 1. The standard InChI is InChI=1S/C17H19FN4O5S/c1-10-7-14(22-27-10)19-17(25)11(2)28-9-16(24)21-20-15(23)8-26-13-5-3-12(18)4-6-13/h3-7,11H,8-9H2,1-2H3,(H,20,23)(H,21,24)(H,19,22,25)/t11-/m1/s1. The zero-order valence-corrected chi connectivity index (χ0v) is 16.0. The zero-order valence-electron chi connectivity index (χ0n) is 15.2. The van der Waals surface area contributed by atoms with Gasteiger partial charge < -0.3 is 14.6 Å². The summed E-state index contributed by atoms with van der Waals surface area (Å²) in [5.41, 5.74) is 4.40. The average Bonchev–Trinajstić information content (AvgIpc) is 3.08. The molecule has 1 aromatic heterocycles. The zero-order chi connectivity index (χ0) is 20.5. The van der Waals surface area contributed by atoms with Crippen LogP contribution in [0.5, 0.6) is 5.75 Å². The minimum atomic E-state index is -0.588. The summed E-state index contributed by atoms with van der Waals surface area (Å²) in [6.45, 7) is 2.98. The number of carbonyl (C=O) groups is 3. The molecule has 1 heterocycles. The van der Waals surface area contributed by atoms with Crippen molar-refractivity contribution in [3.63, 3.8) is 0 Å². The quantitative estimate of drug-likeness (QED) is 0.562. The summed E-state index contributed by atoms with van der Waals surface area (Å²) >= 11 is 1.08. The highest BCUT2D eigenvalue weighted by molar-refractivity contribution is 8.01. The van der Waals surface area contributed by atoms with Crippen LogP contribution in [0.3, 0.4) is 0 Å². The number of thioether (sulfide) groups is 1. The lowest BCUT2D eigenvalue weighted by Gasteiger charge is -2.11. The third kappa shape index (κ3) is 7.27. The number of carbonyl (C=O) groups excluding carboxylic acids is 3. The normalized spacial score (nSPS) is 11.4. The van der Waals surface area contributed by atoms with Gasteiger partial charge >= 0.3 is 0 Å². The first-order valence-electron chi connectivity index (χ1n) is 8.15. The van der Waals surface area contributed by atoms with E-state index in [1.54, 1.807) is 19.9 Å². The van der Waals surface area contributed by atoms with Gasteiger partial charge in [0.1, 0.15) is 17.3 Å². The monoisotopic (exact) mass is 410 g/mol. The number of aryl methyl sites for hydroxylation is 1. The van der Waals surface area contributed by atoms with Crippen molar-refractivity contribution in [2.75, 3.05) is 17.7 Å². The highest BCUT2D eigenvalue weighted by Gasteiger charge is 2.17. The summed E-state index contributed by atoms with van der Waals surface area (Å²) in [6.07, 6.45) is 0. The number of benzene rings is 1. The van der Waals surface area contributed by atoms with Crippen molar-refractivity contribution >= 4 is 35.3 Å². The van der Waals surface area contributed by atoms with Gasteiger partial charge in [0.25, 0.3) is 5.91 Å². The van der Waals surface area contributed by atoms with E-state index in [1.807, 2.05) is 0 Å². The van der Waals surface area contributed by atoms with Crippen LogP contribution in [0.25, 0.3) is 0 Å². The lowest BCUT2D eigenvalue weighted by molar-refractivity contribution is -0.128. The molecule has 2 rings (SSSR count). The summed E-state index contributed by atoms with van der Waals surface area (Å²) in [7, 11) is 0. The molecule has 2 aromatic rings. The Balaban J connectivity index is 1.62. The highest BCUT2D eigenvalue weighted by atomic mass is 32.2. The fourth-order valence-electron chi connectivity index (χ4n) is 1.82. The number of rotatable bonds is 8. The number of amides is 3. The molecule has 0 saturated carbocycles. The molecule has 1 atom stereocenters. The topological polar surface area (TPSA) is 123 Å². The van der Waals surface area contributed by atoms with E-state index in [-0.39, 0.29) is 18.3 Å². The summed E-state index contributed by atoms with van der Waals surface area (Å²) in [6, 6.07) is 6.74. The van der Waals surface area contributed by atoms with Crippen LogP contribution in [-0.2, 0) is 14.4 Å².